The average molecular weight is 500 g/mol. The number of carbonyl (C=O) groups is 2. The highest BCUT2D eigenvalue weighted by Gasteiger charge is 2.26. The predicted octanol–water partition coefficient (Wildman–Crippen LogP) is 4.77. The first-order chi connectivity index (χ1) is 16.8. The van der Waals surface area contributed by atoms with Gasteiger partial charge in [0.05, 0.1) is 4.88 Å². The molecule has 7 nitrogen and oxygen atoms in total. The Morgan fingerprint density at radius 3 is 2.57 bits per heavy atom. The lowest BCUT2D eigenvalue weighted by molar-refractivity contribution is -0.134. The Morgan fingerprint density at radius 1 is 1.14 bits per heavy atom. The largest absolute Gasteiger partial charge is 0.489 e. The summed E-state index contributed by atoms with van der Waals surface area (Å²) >= 11 is 1.20. The minimum absolute atomic E-state index is 0.238. The molecule has 1 aromatic heterocycles. The smallest absolute Gasteiger partial charge is 0.249 e. The van der Waals surface area contributed by atoms with Gasteiger partial charge in [-0.05, 0) is 42.2 Å². The van der Waals surface area contributed by atoms with Gasteiger partial charge in [0.2, 0.25) is 11.8 Å². The summed E-state index contributed by atoms with van der Waals surface area (Å²) in [6.07, 6.45) is 1.44. The third-order valence-corrected chi connectivity index (χ3v) is 6.27. The molecule has 0 fully saturated rings. The summed E-state index contributed by atoms with van der Waals surface area (Å²) < 4.78 is 19.9. The molecule has 0 spiro atoms. The first-order valence-electron chi connectivity index (χ1n) is 11.5. The van der Waals surface area contributed by atoms with E-state index >= 15 is 0 Å². The molecule has 0 aliphatic heterocycles. The summed E-state index contributed by atoms with van der Waals surface area (Å²) in [4.78, 5) is 30.0. The SMILES string of the molecule is CCC[C@H](NC(=O)[C@@H](O)C(C)C)C(=O)Nc1ncc(-c2cc(F)ccc2COc2ccccc2)s1. The van der Waals surface area contributed by atoms with Crippen LogP contribution < -0.4 is 15.4 Å². The molecule has 0 bridgehead atoms. The number of para-hydroxylation sites is 1. The number of hydrogen-bond donors (Lipinski definition) is 3. The highest BCUT2D eigenvalue weighted by molar-refractivity contribution is 7.19. The second kappa shape index (κ2) is 12.4. The molecule has 3 rings (SSSR count). The minimum atomic E-state index is -1.20. The number of amides is 2. The number of benzene rings is 2. The van der Waals surface area contributed by atoms with Crippen LogP contribution in [0, 0.1) is 11.7 Å². The Hall–Kier alpha value is -3.30. The molecule has 0 unspecified atom stereocenters. The van der Waals surface area contributed by atoms with Crippen LogP contribution >= 0.6 is 11.3 Å². The molecule has 186 valence electrons. The van der Waals surface area contributed by atoms with Gasteiger partial charge in [-0.15, -0.1) is 0 Å². The number of rotatable bonds is 11. The summed E-state index contributed by atoms with van der Waals surface area (Å²) in [6.45, 7) is 5.58. The zero-order valence-corrected chi connectivity index (χ0v) is 20.8. The molecular weight excluding hydrogens is 469 g/mol. The van der Waals surface area contributed by atoms with Crippen molar-refractivity contribution in [3.05, 3.63) is 66.1 Å². The molecule has 9 heteroatoms. The Balaban J connectivity index is 1.73. The monoisotopic (exact) mass is 499 g/mol. The second-order valence-electron chi connectivity index (χ2n) is 8.46. The first kappa shape index (κ1) is 26.3. The van der Waals surface area contributed by atoms with Crippen molar-refractivity contribution in [3.8, 4) is 16.2 Å². The third-order valence-electron chi connectivity index (χ3n) is 5.32. The van der Waals surface area contributed by atoms with Crippen molar-refractivity contribution in [2.24, 2.45) is 5.92 Å². The van der Waals surface area contributed by atoms with E-state index < -0.39 is 29.8 Å². The molecule has 2 atom stereocenters. The highest BCUT2D eigenvalue weighted by Crippen LogP contribution is 2.33. The fraction of sp³-hybridized carbons (Fsp3) is 0.346. The predicted molar refractivity (Wildman–Crippen MR) is 135 cm³/mol. The summed E-state index contributed by atoms with van der Waals surface area (Å²) in [7, 11) is 0. The van der Waals surface area contributed by atoms with E-state index in [0.717, 1.165) is 5.56 Å². The number of ether oxygens (including phenoxy) is 1. The Morgan fingerprint density at radius 2 is 1.89 bits per heavy atom. The van der Waals surface area contributed by atoms with Gasteiger partial charge in [0.15, 0.2) is 5.13 Å². The fourth-order valence-electron chi connectivity index (χ4n) is 3.35. The zero-order valence-electron chi connectivity index (χ0n) is 20.0. The molecule has 0 saturated heterocycles. The first-order valence-corrected chi connectivity index (χ1v) is 12.3. The van der Waals surface area contributed by atoms with Gasteiger partial charge in [-0.1, -0.05) is 62.8 Å². The normalized spacial score (nSPS) is 12.7. The maximum Gasteiger partial charge on any atom is 0.249 e. The lowest BCUT2D eigenvalue weighted by Gasteiger charge is -2.20. The molecular formula is C26H30FN3O4S. The van der Waals surface area contributed by atoms with Crippen molar-refractivity contribution in [1.82, 2.24) is 10.3 Å². The van der Waals surface area contributed by atoms with Crippen LogP contribution in [0.2, 0.25) is 0 Å². The lowest BCUT2D eigenvalue weighted by atomic mass is 10.1. The van der Waals surface area contributed by atoms with Crippen LogP contribution in [0.4, 0.5) is 9.52 Å². The fourth-order valence-corrected chi connectivity index (χ4v) is 4.22. The molecule has 2 aromatic carbocycles. The van der Waals surface area contributed by atoms with Gasteiger partial charge in [-0.3, -0.25) is 9.59 Å². The number of nitrogens with zero attached hydrogens (tertiary/aromatic N) is 1. The van der Waals surface area contributed by atoms with Crippen molar-refractivity contribution in [3.63, 3.8) is 0 Å². The van der Waals surface area contributed by atoms with Gasteiger partial charge >= 0.3 is 0 Å². The number of thiazole rings is 1. The Bertz CT molecular complexity index is 1140. The van der Waals surface area contributed by atoms with E-state index in [4.69, 9.17) is 4.74 Å². The highest BCUT2D eigenvalue weighted by atomic mass is 32.1. The molecule has 35 heavy (non-hydrogen) atoms. The molecule has 3 N–H and O–H groups in total. The van der Waals surface area contributed by atoms with Crippen LogP contribution in [-0.4, -0.2) is 34.1 Å². The minimum Gasteiger partial charge on any atom is -0.489 e. The Kier molecular flexibility index (Phi) is 9.33. The van der Waals surface area contributed by atoms with E-state index in [1.807, 2.05) is 37.3 Å². The number of halogens is 1. The third kappa shape index (κ3) is 7.34. The molecule has 0 radical (unpaired) electrons. The van der Waals surface area contributed by atoms with E-state index in [-0.39, 0.29) is 12.5 Å². The van der Waals surface area contributed by atoms with Crippen LogP contribution in [0.5, 0.6) is 5.75 Å². The zero-order chi connectivity index (χ0) is 25.4. The van der Waals surface area contributed by atoms with E-state index in [2.05, 4.69) is 15.6 Å². The van der Waals surface area contributed by atoms with Crippen LogP contribution in [-0.2, 0) is 16.2 Å². The second-order valence-corrected chi connectivity index (χ2v) is 9.49. The maximum absolute atomic E-state index is 14.1. The molecule has 1 heterocycles. The van der Waals surface area contributed by atoms with Crippen molar-refractivity contribution in [1.29, 1.82) is 0 Å². The summed E-state index contributed by atoms with van der Waals surface area (Å²) in [6, 6.07) is 13.0. The number of nitrogens with one attached hydrogen (secondary N) is 2. The Labute approximate surface area is 208 Å². The molecule has 0 aliphatic rings. The van der Waals surface area contributed by atoms with E-state index in [1.54, 1.807) is 26.1 Å². The van der Waals surface area contributed by atoms with Gasteiger partial charge < -0.3 is 20.5 Å². The molecule has 2 amide bonds. The number of aliphatic hydroxyl groups excluding tert-OH is 1. The standard InChI is InChI=1S/C26H30FN3O4S/c1-4-8-21(29-25(33)23(31)16(2)3)24(32)30-26-28-14-22(35-26)20-13-18(27)12-11-17(20)15-34-19-9-6-5-7-10-19/h5-7,9-14,16,21,23,31H,4,8,15H2,1-3H3,(H,29,33)(H,28,30,32)/t21-,23-/m0/s1. The van der Waals surface area contributed by atoms with Gasteiger partial charge in [0.25, 0.3) is 0 Å². The van der Waals surface area contributed by atoms with E-state index in [9.17, 15) is 19.1 Å². The van der Waals surface area contributed by atoms with Crippen LogP contribution in [0.1, 0.15) is 39.2 Å². The van der Waals surface area contributed by atoms with Gasteiger partial charge in [-0.2, -0.15) is 0 Å². The van der Waals surface area contributed by atoms with Gasteiger partial charge in [0.1, 0.15) is 30.3 Å². The van der Waals surface area contributed by atoms with Crippen LogP contribution in [0.3, 0.4) is 0 Å². The topological polar surface area (TPSA) is 101 Å². The number of aromatic nitrogens is 1. The number of anilines is 1. The maximum atomic E-state index is 14.1. The lowest BCUT2D eigenvalue weighted by Crippen LogP contribution is -2.48. The van der Waals surface area contributed by atoms with Crippen LogP contribution in [0.15, 0.2) is 54.7 Å². The number of aliphatic hydroxyl groups is 1. The van der Waals surface area contributed by atoms with Crippen molar-refractivity contribution in [2.45, 2.75) is 52.4 Å². The van der Waals surface area contributed by atoms with Crippen LogP contribution in [0.25, 0.3) is 10.4 Å². The number of hydrogen-bond acceptors (Lipinski definition) is 6. The molecule has 3 aromatic rings. The summed E-state index contributed by atoms with van der Waals surface area (Å²) in [5.41, 5.74) is 1.40. The van der Waals surface area contributed by atoms with E-state index in [1.165, 1.54) is 23.5 Å². The summed E-state index contributed by atoms with van der Waals surface area (Å²) in [5, 5.41) is 15.7. The van der Waals surface area contributed by atoms with Crippen molar-refractivity contribution in [2.75, 3.05) is 5.32 Å². The summed E-state index contributed by atoms with van der Waals surface area (Å²) in [5.74, 6) is -0.975. The van der Waals surface area contributed by atoms with Crippen molar-refractivity contribution >= 4 is 28.3 Å². The van der Waals surface area contributed by atoms with E-state index in [0.29, 0.717) is 34.2 Å². The quantitative estimate of drug-likeness (QED) is 0.353. The van der Waals surface area contributed by atoms with Crippen molar-refractivity contribution < 1.29 is 23.8 Å². The van der Waals surface area contributed by atoms with Gasteiger partial charge in [0, 0.05) is 11.8 Å². The number of carbonyl (C=O) groups excluding carboxylic acids is 2. The molecule has 0 aliphatic carbocycles. The van der Waals surface area contributed by atoms with Gasteiger partial charge in [-0.25, -0.2) is 9.37 Å². The molecule has 0 saturated carbocycles. The average Bonchev–Trinajstić information content (AvgIpc) is 3.31.